The van der Waals surface area contributed by atoms with Gasteiger partial charge in [-0.15, -0.1) is 0 Å². The molecule has 1 saturated heterocycles. The van der Waals surface area contributed by atoms with Crippen LogP contribution in [0.15, 0.2) is 0 Å². The Kier molecular flexibility index (Phi) is 3.00. The van der Waals surface area contributed by atoms with Crippen LogP contribution in [0.5, 0.6) is 0 Å². The molecule has 1 N–H and O–H groups in total. The van der Waals surface area contributed by atoms with Gasteiger partial charge in [-0.3, -0.25) is 9.59 Å². The maximum Gasteiger partial charge on any atom is 0.270 e. The number of rotatable bonds is 1. The van der Waals surface area contributed by atoms with Gasteiger partial charge in [-0.1, -0.05) is 13.8 Å². The van der Waals surface area contributed by atoms with Crippen LogP contribution in [0.25, 0.3) is 0 Å². The van der Waals surface area contributed by atoms with E-state index in [4.69, 9.17) is 0 Å². The second-order valence-electron chi connectivity index (χ2n) is 6.92. The lowest BCUT2D eigenvalue weighted by atomic mass is 9.75. The topological polar surface area (TPSA) is 53.2 Å². The second kappa shape index (κ2) is 4.47. The van der Waals surface area contributed by atoms with Crippen LogP contribution in [0.4, 0.5) is 0 Å². The minimum absolute atomic E-state index is 0.0185. The Balaban J connectivity index is 1.99. The van der Waals surface area contributed by atoms with Crippen LogP contribution < -0.4 is 0 Å². The summed E-state index contributed by atoms with van der Waals surface area (Å²) in [5, 5.41) is 0. The van der Waals surface area contributed by atoms with E-state index in [0.29, 0.717) is 12.1 Å². The molecular weight excluding hydrogens is 252 g/mol. The van der Waals surface area contributed by atoms with Gasteiger partial charge in [-0.05, 0) is 37.2 Å². The van der Waals surface area contributed by atoms with Crippen molar-refractivity contribution >= 4 is 11.7 Å². The number of likely N-dealkylation sites (tertiary alicyclic amines) is 1. The fourth-order valence-corrected chi connectivity index (χ4v) is 3.52. The van der Waals surface area contributed by atoms with Crippen molar-refractivity contribution in [2.24, 2.45) is 5.41 Å². The summed E-state index contributed by atoms with van der Waals surface area (Å²) in [6, 6.07) is 0. The molecule has 2 heterocycles. The van der Waals surface area contributed by atoms with Gasteiger partial charge in [0.25, 0.3) is 5.91 Å². The van der Waals surface area contributed by atoms with E-state index in [1.165, 1.54) is 0 Å². The fourth-order valence-electron chi connectivity index (χ4n) is 3.52. The predicted octanol–water partition coefficient (Wildman–Crippen LogP) is 2.71. The number of H-pyrrole nitrogens is 1. The predicted molar refractivity (Wildman–Crippen MR) is 77.1 cm³/mol. The molecule has 0 aromatic carbocycles. The number of nitrogens with zero attached hydrogens (tertiary/aromatic N) is 1. The lowest BCUT2D eigenvalue weighted by Crippen LogP contribution is -2.28. The van der Waals surface area contributed by atoms with Gasteiger partial charge in [0.05, 0.1) is 0 Å². The lowest BCUT2D eigenvalue weighted by Gasteiger charge is -2.28. The zero-order chi connectivity index (χ0) is 14.5. The third kappa shape index (κ3) is 2.07. The zero-order valence-corrected chi connectivity index (χ0v) is 12.5. The Morgan fingerprint density at radius 2 is 1.85 bits per heavy atom. The summed E-state index contributed by atoms with van der Waals surface area (Å²) in [6.07, 6.45) is 3.56. The maximum absolute atomic E-state index is 12.5. The summed E-state index contributed by atoms with van der Waals surface area (Å²) in [5.74, 6) is 0.227. The van der Waals surface area contributed by atoms with Gasteiger partial charge in [0.15, 0.2) is 5.78 Å². The summed E-state index contributed by atoms with van der Waals surface area (Å²) in [6.45, 7) is 7.77. The van der Waals surface area contributed by atoms with Crippen molar-refractivity contribution in [3.63, 3.8) is 0 Å². The van der Waals surface area contributed by atoms with Crippen molar-refractivity contribution in [2.45, 2.75) is 46.5 Å². The Bertz CT molecular complexity index is 578. The molecule has 3 rings (SSSR count). The van der Waals surface area contributed by atoms with E-state index in [0.717, 1.165) is 49.2 Å². The van der Waals surface area contributed by atoms with Gasteiger partial charge < -0.3 is 9.88 Å². The molecule has 1 aromatic heterocycles. The summed E-state index contributed by atoms with van der Waals surface area (Å²) >= 11 is 0. The van der Waals surface area contributed by atoms with Crippen LogP contribution >= 0.6 is 0 Å². The number of aromatic nitrogens is 1. The molecule has 1 aliphatic carbocycles. The molecule has 0 spiro atoms. The highest BCUT2D eigenvalue weighted by Gasteiger charge is 2.36. The van der Waals surface area contributed by atoms with Crippen LogP contribution in [0.1, 0.15) is 65.2 Å². The summed E-state index contributed by atoms with van der Waals surface area (Å²) in [7, 11) is 0. The first kappa shape index (κ1) is 13.4. The number of aromatic amines is 1. The number of hydrogen-bond acceptors (Lipinski definition) is 2. The van der Waals surface area contributed by atoms with Gasteiger partial charge in [-0.2, -0.15) is 0 Å². The van der Waals surface area contributed by atoms with E-state index >= 15 is 0 Å². The molecule has 0 saturated carbocycles. The van der Waals surface area contributed by atoms with Crippen molar-refractivity contribution in [3.8, 4) is 0 Å². The molecule has 20 heavy (non-hydrogen) atoms. The van der Waals surface area contributed by atoms with Crippen molar-refractivity contribution in [1.29, 1.82) is 0 Å². The number of carbonyl (C=O) groups is 2. The fraction of sp³-hybridized carbons (Fsp3) is 0.625. The average Bonchev–Trinajstić information content (AvgIpc) is 2.94. The van der Waals surface area contributed by atoms with Crippen LogP contribution in [0.2, 0.25) is 0 Å². The highest BCUT2D eigenvalue weighted by molar-refractivity contribution is 6.04. The van der Waals surface area contributed by atoms with Gasteiger partial charge in [0, 0.05) is 30.8 Å². The van der Waals surface area contributed by atoms with Crippen molar-refractivity contribution in [1.82, 2.24) is 9.88 Å². The van der Waals surface area contributed by atoms with E-state index in [2.05, 4.69) is 18.8 Å². The summed E-state index contributed by atoms with van der Waals surface area (Å²) in [4.78, 5) is 30.0. The summed E-state index contributed by atoms with van der Waals surface area (Å²) in [5.41, 5.74) is 3.17. The molecule has 0 bridgehead atoms. The SMILES string of the molecule is Cc1c(C(=O)N2CCCC2)[nH]c2c1C(=O)CC(C)(C)C2. The maximum atomic E-state index is 12.5. The Morgan fingerprint density at radius 1 is 1.20 bits per heavy atom. The van der Waals surface area contributed by atoms with Crippen molar-refractivity contribution in [2.75, 3.05) is 13.1 Å². The highest BCUT2D eigenvalue weighted by atomic mass is 16.2. The van der Waals surface area contributed by atoms with Gasteiger partial charge in [0.2, 0.25) is 0 Å². The molecule has 1 aliphatic heterocycles. The lowest BCUT2D eigenvalue weighted by molar-refractivity contribution is 0.0786. The van der Waals surface area contributed by atoms with Gasteiger partial charge in [0.1, 0.15) is 5.69 Å². The van der Waals surface area contributed by atoms with Crippen LogP contribution in [0, 0.1) is 12.3 Å². The number of fused-ring (bicyclic) bond motifs is 1. The highest BCUT2D eigenvalue weighted by Crippen LogP contribution is 2.37. The largest absolute Gasteiger partial charge is 0.354 e. The minimum Gasteiger partial charge on any atom is -0.354 e. The second-order valence-corrected chi connectivity index (χ2v) is 6.92. The average molecular weight is 274 g/mol. The van der Waals surface area contributed by atoms with Gasteiger partial charge >= 0.3 is 0 Å². The number of ketones is 1. The first-order valence-corrected chi connectivity index (χ1v) is 7.43. The zero-order valence-electron chi connectivity index (χ0n) is 12.5. The number of nitrogens with one attached hydrogen (secondary N) is 1. The number of Topliss-reactive ketones (excluding diaryl/α,β-unsaturated/α-hetero) is 1. The molecule has 1 aromatic rings. The molecule has 4 nitrogen and oxygen atoms in total. The molecule has 0 unspecified atom stereocenters. The first-order chi connectivity index (χ1) is 9.39. The molecular formula is C16H22N2O2. The molecule has 4 heteroatoms. The van der Waals surface area contributed by atoms with Crippen LogP contribution in [-0.4, -0.2) is 34.7 Å². The third-order valence-electron chi connectivity index (χ3n) is 4.51. The van der Waals surface area contributed by atoms with Crippen molar-refractivity contribution < 1.29 is 9.59 Å². The third-order valence-corrected chi connectivity index (χ3v) is 4.51. The Hall–Kier alpha value is -1.58. The number of amides is 1. The normalized spacial score (nSPS) is 21.1. The van der Waals surface area contributed by atoms with Crippen LogP contribution in [0.3, 0.4) is 0 Å². The van der Waals surface area contributed by atoms with E-state index in [1.54, 1.807) is 0 Å². The molecule has 2 aliphatic rings. The van der Waals surface area contributed by atoms with Crippen molar-refractivity contribution in [3.05, 3.63) is 22.5 Å². The van der Waals surface area contributed by atoms with E-state index in [-0.39, 0.29) is 17.1 Å². The Labute approximate surface area is 119 Å². The Morgan fingerprint density at radius 3 is 2.50 bits per heavy atom. The van der Waals surface area contributed by atoms with E-state index in [9.17, 15) is 9.59 Å². The monoisotopic (exact) mass is 274 g/mol. The summed E-state index contributed by atoms with van der Waals surface area (Å²) < 4.78 is 0. The molecule has 108 valence electrons. The quantitative estimate of drug-likeness (QED) is 0.856. The van der Waals surface area contributed by atoms with E-state index < -0.39 is 0 Å². The van der Waals surface area contributed by atoms with Gasteiger partial charge in [-0.25, -0.2) is 0 Å². The first-order valence-electron chi connectivity index (χ1n) is 7.43. The smallest absolute Gasteiger partial charge is 0.270 e. The molecule has 1 amide bonds. The molecule has 0 atom stereocenters. The molecule has 1 fully saturated rings. The molecule has 0 radical (unpaired) electrons. The standard InChI is InChI=1S/C16H22N2O2/c1-10-13-11(8-16(2,3)9-12(13)19)17-14(10)15(20)18-6-4-5-7-18/h17H,4-9H2,1-3H3. The number of hydrogen-bond donors (Lipinski definition) is 1. The van der Waals surface area contributed by atoms with E-state index in [1.807, 2.05) is 11.8 Å². The minimum atomic E-state index is -0.0185. The van der Waals surface area contributed by atoms with Crippen LogP contribution in [-0.2, 0) is 6.42 Å². The number of carbonyl (C=O) groups excluding carboxylic acids is 2.